The van der Waals surface area contributed by atoms with Crippen LogP contribution in [-0.4, -0.2) is 37.5 Å². The molecule has 170 valence electrons. The molecule has 34 heavy (non-hydrogen) atoms. The van der Waals surface area contributed by atoms with Gasteiger partial charge in [-0.1, -0.05) is 42.5 Å². The van der Waals surface area contributed by atoms with Gasteiger partial charge < -0.3 is 14.2 Å². The number of nitrogens with zero attached hydrogens (tertiary/aromatic N) is 1. The lowest BCUT2D eigenvalue weighted by molar-refractivity contribution is 0.0972. The minimum absolute atomic E-state index is 0.0316. The molecule has 0 N–H and O–H groups in total. The molecule has 0 saturated carbocycles. The van der Waals surface area contributed by atoms with Crippen LogP contribution < -0.4 is 19.8 Å². The number of rotatable bonds is 5. The Morgan fingerprint density at radius 1 is 0.706 bits per heavy atom. The third-order valence-corrected chi connectivity index (χ3v) is 6.10. The Hall–Kier alpha value is -4.39. The lowest BCUT2D eigenvalue weighted by Crippen LogP contribution is -2.33. The predicted octanol–water partition coefficient (Wildman–Crippen LogP) is 3.85. The molecular formula is C27H21NO6. The van der Waals surface area contributed by atoms with Gasteiger partial charge in [0.2, 0.25) is 11.5 Å². The Bertz CT molecular complexity index is 1520. The van der Waals surface area contributed by atoms with Crippen LogP contribution in [-0.2, 0) is 6.54 Å². The van der Waals surface area contributed by atoms with Gasteiger partial charge in [-0.05, 0) is 23.8 Å². The van der Waals surface area contributed by atoms with Crippen molar-refractivity contribution in [2.45, 2.75) is 6.54 Å². The molecule has 1 heterocycles. The quantitative estimate of drug-likeness (QED) is 0.400. The molecule has 0 amide bonds. The van der Waals surface area contributed by atoms with E-state index in [0.717, 1.165) is 0 Å². The minimum Gasteiger partial charge on any atom is -0.493 e. The van der Waals surface area contributed by atoms with E-state index in [-0.39, 0.29) is 40.5 Å². The number of methoxy groups -OCH3 is 3. The SMILES string of the molecule is COc1cc(Cn2c3c(c4ccccc4c2=O)C(=O)c2ccccc2C3=O)cc(OC)c1OC. The second kappa shape index (κ2) is 8.19. The number of carbonyl (C=O) groups is 2. The van der Waals surface area contributed by atoms with E-state index in [1.54, 1.807) is 60.7 Å². The van der Waals surface area contributed by atoms with Crippen LogP contribution in [0.1, 0.15) is 37.5 Å². The molecule has 1 aliphatic carbocycles. The second-order valence-corrected chi connectivity index (χ2v) is 7.90. The molecule has 0 saturated heterocycles. The normalized spacial score (nSPS) is 12.3. The highest BCUT2D eigenvalue weighted by Crippen LogP contribution is 2.39. The Labute approximate surface area is 195 Å². The van der Waals surface area contributed by atoms with Crippen LogP contribution in [0, 0.1) is 0 Å². The number of hydrogen-bond donors (Lipinski definition) is 0. The molecule has 1 aliphatic rings. The van der Waals surface area contributed by atoms with E-state index in [0.29, 0.717) is 39.1 Å². The molecule has 0 fully saturated rings. The van der Waals surface area contributed by atoms with Gasteiger partial charge in [0.25, 0.3) is 5.56 Å². The third kappa shape index (κ3) is 3.08. The summed E-state index contributed by atoms with van der Waals surface area (Å²) in [5.74, 6) is 0.627. The van der Waals surface area contributed by atoms with Gasteiger partial charge in [-0.15, -0.1) is 0 Å². The highest BCUT2D eigenvalue weighted by molar-refractivity contribution is 6.31. The maximum absolute atomic E-state index is 13.6. The summed E-state index contributed by atoms with van der Waals surface area (Å²) in [6.07, 6.45) is 0. The molecule has 3 aromatic carbocycles. The minimum atomic E-state index is -0.361. The molecule has 0 radical (unpaired) electrons. The number of hydrogen-bond acceptors (Lipinski definition) is 6. The van der Waals surface area contributed by atoms with Crippen molar-refractivity contribution in [3.63, 3.8) is 0 Å². The Morgan fingerprint density at radius 3 is 1.85 bits per heavy atom. The summed E-state index contributed by atoms with van der Waals surface area (Å²) in [6.45, 7) is 0.0316. The van der Waals surface area contributed by atoms with E-state index in [4.69, 9.17) is 14.2 Å². The summed E-state index contributed by atoms with van der Waals surface area (Å²) in [4.78, 5) is 40.8. The molecule has 0 unspecified atom stereocenters. The van der Waals surface area contributed by atoms with Gasteiger partial charge in [0.05, 0.1) is 33.4 Å². The van der Waals surface area contributed by atoms with Crippen molar-refractivity contribution in [3.8, 4) is 17.2 Å². The fourth-order valence-electron chi connectivity index (χ4n) is 4.56. The predicted molar refractivity (Wildman–Crippen MR) is 127 cm³/mol. The van der Waals surface area contributed by atoms with Gasteiger partial charge in [0, 0.05) is 21.9 Å². The number of benzene rings is 3. The number of fused-ring (bicyclic) bond motifs is 4. The van der Waals surface area contributed by atoms with Crippen molar-refractivity contribution in [3.05, 3.63) is 99.0 Å². The average Bonchev–Trinajstić information content (AvgIpc) is 2.88. The van der Waals surface area contributed by atoms with Gasteiger partial charge >= 0.3 is 0 Å². The topological polar surface area (TPSA) is 83.8 Å². The Morgan fingerprint density at radius 2 is 1.26 bits per heavy atom. The van der Waals surface area contributed by atoms with Gasteiger partial charge in [-0.25, -0.2) is 0 Å². The van der Waals surface area contributed by atoms with Crippen LogP contribution >= 0.6 is 0 Å². The molecule has 7 heteroatoms. The van der Waals surface area contributed by atoms with E-state index >= 15 is 0 Å². The van der Waals surface area contributed by atoms with Crippen LogP contribution in [0.3, 0.4) is 0 Å². The monoisotopic (exact) mass is 455 g/mol. The summed E-state index contributed by atoms with van der Waals surface area (Å²) in [5.41, 5.74) is 1.24. The summed E-state index contributed by atoms with van der Waals surface area (Å²) in [7, 11) is 4.51. The van der Waals surface area contributed by atoms with Crippen molar-refractivity contribution >= 4 is 22.3 Å². The maximum Gasteiger partial charge on any atom is 0.259 e. The van der Waals surface area contributed by atoms with E-state index in [1.807, 2.05) is 0 Å². The molecule has 0 atom stereocenters. The van der Waals surface area contributed by atoms with Gasteiger partial charge in [-0.3, -0.25) is 19.0 Å². The van der Waals surface area contributed by atoms with Gasteiger partial charge in [0.1, 0.15) is 5.69 Å². The molecule has 0 bridgehead atoms. The number of pyridine rings is 1. The number of ketones is 2. The Balaban J connectivity index is 1.80. The standard InChI is InChI=1S/C27H21NO6/c1-32-20-12-15(13-21(33-2)26(20)34-3)14-28-23-22(16-8-4-7-11-19(16)27(28)31)24(29)17-9-5-6-10-18(17)25(23)30/h4-13H,14H2,1-3H3. The highest BCUT2D eigenvalue weighted by atomic mass is 16.5. The van der Waals surface area contributed by atoms with E-state index in [1.165, 1.54) is 25.9 Å². The lowest BCUT2D eigenvalue weighted by atomic mass is 9.84. The average molecular weight is 455 g/mol. The molecule has 5 rings (SSSR count). The van der Waals surface area contributed by atoms with E-state index < -0.39 is 0 Å². The first kappa shape index (κ1) is 21.5. The van der Waals surface area contributed by atoms with Crippen molar-refractivity contribution in [2.75, 3.05) is 21.3 Å². The van der Waals surface area contributed by atoms with Crippen molar-refractivity contribution in [2.24, 2.45) is 0 Å². The zero-order chi connectivity index (χ0) is 24.0. The number of ether oxygens (including phenoxy) is 3. The van der Waals surface area contributed by atoms with Crippen molar-refractivity contribution in [1.29, 1.82) is 0 Å². The molecule has 0 aliphatic heterocycles. The van der Waals surface area contributed by atoms with Crippen molar-refractivity contribution < 1.29 is 23.8 Å². The first-order valence-corrected chi connectivity index (χ1v) is 10.6. The lowest BCUT2D eigenvalue weighted by Gasteiger charge is -2.23. The first-order chi connectivity index (χ1) is 16.5. The van der Waals surface area contributed by atoms with Crippen molar-refractivity contribution in [1.82, 2.24) is 4.57 Å². The summed E-state index contributed by atoms with van der Waals surface area (Å²) >= 11 is 0. The third-order valence-electron chi connectivity index (χ3n) is 6.10. The molecule has 0 spiro atoms. The van der Waals surface area contributed by atoms with Crippen LogP contribution in [0.5, 0.6) is 17.2 Å². The van der Waals surface area contributed by atoms with E-state index in [2.05, 4.69) is 0 Å². The van der Waals surface area contributed by atoms with Crippen LogP contribution in [0.25, 0.3) is 10.8 Å². The molecule has 1 aromatic heterocycles. The molecule has 4 aromatic rings. The molecule has 7 nitrogen and oxygen atoms in total. The largest absolute Gasteiger partial charge is 0.493 e. The summed E-state index contributed by atoms with van der Waals surface area (Å²) in [6, 6.07) is 17.0. The van der Waals surface area contributed by atoms with E-state index in [9.17, 15) is 14.4 Å². The fraction of sp³-hybridized carbons (Fsp3) is 0.148. The summed E-state index contributed by atoms with van der Waals surface area (Å²) in [5, 5.41) is 0.839. The number of carbonyl (C=O) groups excluding carboxylic acids is 2. The second-order valence-electron chi connectivity index (χ2n) is 7.90. The zero-order valence-corrected chi connectivity index (χ0v) is 18.9. The maximum atomic E-state index is 13.6. The smallest absolute Gasteiger partial charge is 0.259 e. The van der Waals surface area contributed by atoms with Gasteiger partial charge in [-0.2, -0.15) is 0 Å². The number of aromatic nitrogens is 1. The van der Waals surface area contributed by atoms with Gasteiger partial charge in [0.15, 0.2) is 17.3 Å². The van der Waals surface area contributed by atoms with Crippen LogP contribution in [0.15, 0.2) is 65.5 Å². The summed E-state index contributed by atoms with van der Waals surface area (Å²) < 4.78 is 17.6. The van der Waals surface area contributed by atoms with Crippen LogP contribution in [0.2, 0.25) is 0 Å². The highest BCUT2D eigenvalue weighted by Gasteiger charge is 2.34. The first-order valence-electron chi connectivity index (χ1n) is 10.6. The zero-order valence-electron chi connectivity index (χ0n) is 18.9. The Kier molecular flexibility index (Phi) is 5.17. The van der Waals surface area contributed by atoms with Crippen LogP contribution in [0.4, 0.5) is 0 Å². The molecular weight excluding hydrogens is 434 g/mol. The fourth-order valence-corrected chi connectivity index (χ4v) is 4.56.